The predicted octanol–water partition coefficient (Wildman–Crippen LogP) is 4.18. The second kappa shape index (κ2) is 5.88. The first-order valence-corrected chi connectivity index (χ1v) is 7.47. The number of aromatic nitrogens is 2. The predicted molar refractivity (Wildman–Crippen MR) is 85.5 cm³/mol. The van der Waals surface area contributed by atoms with E-state index in [-0.39, 0.29) is 0 Å². The highest BCUT2D eigenvalue weighted by atomic mass is 35.5. The summed E-state index contributed by atoms with van der Waals surface area (Å²) in [5.41, 5.74) is 1.52. The second-order valence-corrected chi connectivity index (χ2v) is 5.48. The minimum Gasteiger partial charge on any atom is -0.382 e. The Morgan fingerprint density at radius 1 is 1.19 bits per heavy atom. The summed E-state index contributed by atoms with van der Waals surface area (Å²) < 4.78 is 1.79. The maximum absolute atomic E-state index is 10.8. The molecule has 1 aromatic heterocycles. The summed E-state index contributed by atoms with van der Waals surface area (Å²) in [4.78, 5) is 0. The van der Waals surface area contributed by atoms with E-state index in [9.17, 15) is 5.11 Å². The molecule has 0 amide bonds. The maximum atomic E-state index is 10.8. The summed E-state index contributed by atoms with van der Waals surface area (Å²) in [5.74, 6) is 0. The molecule has 0 aliphatic heterocycles. The van der Waals surface area contributed by atoms with Gasteiger partial charge in [0, 0.05) is 6.54 Å². The highest BCUT2D eigenvalue weighted by Gasteiger charge is 2.21. The number of fused-ring (bicyclic) bond motifs is 1. The molecule has 0 saturated heterocycles. The van der Waals surface area contributed by atoms with E-state index in [0.717, 1.165) is 29.3 Å². The summed E-state index contributed by atoms with van der Waals surface area (Å²) >= 11 is 6.23. The molecule has 108 valence electrons. The molecule has 1 unspecified atom stereocenters. The molecule has 3 nitrogen and oxygen atoms in total. The maximum Gasteiger partial charge on any atom is 0.123 e. The molecular weight excluding hydrogens is 284 g/mol. The van der Waals surface area contributed by atoms with Crippen LogP contribution in [0.15, 0.2) is 48.7 Å². The number of hydrogen-bond acceptors (Lipinski definition) is 2. The summed E-state index contributed by atoms with van der Waals surface area (Å²) in [6.45, 7) is 2.81. The summed E-state index contributed by atoms with van der Waals surface area (Å²) in [6.07, 6.45) is 1.76. The third kappa shape index (κ3) is 2.55. The Morgan fingerprint density at radius 3 is 2.76 bits per heavy atom. The van der Waals surface area contributed by atoms with E-state index in [4.69, 9.17) is 11.6 Å². The van der Waals surface area contributed by atoms with Gasteiger partial charge in [0.25, 0.3) is 0 Å². The molecule has 1 atom stereocenters. The van der Waals surface area contributed by atoms with E-state index in [0.29, 0.717) is 10.7 Å². The van der Waals surface area contributed by atoms with Crippen molar-refractivity contribution in [2.75, 3.05) is 0 Å². The number of nitrogens with zero attached hydrogens (tertiary/aromatic N) is 2. The first-order chi connectivity index (χ1) is 10.2. The molecule has 1 heterocycles. The minimum atomic E-state index is -0.780. The van der Waals surface area contributed by atoms with Crippen LogP contribution in [-0.4, -0.2) is 14.9 Å². The Hall–Kier alpha value is -1.84. The van der Waals surface area contributed by atoms with Crippen LogP contribution in [0, 0.1) is 0 Å². The van der Waals surface area contributed by atoms with Crippen LogP contribution in [0.25, 0.3) is 10.8 Å². The van der Waals surface area contributed by atoms with Gasteiger partial charge in [0.05, 0.1) is 16.9 Å². The molecule has 0 aliphatic carbocycles. The van der Waals surface area contributed by atoms with Gasteiger partial charge < -0.3 is 5.11 Å². The molecule has 0 saturated carbocycles. The standard InChI is InChI=1S/C17H17ClN2O/c1-2-10-20-16(15(18)11-19-20)17(21)14-9-5-7-12-6-3-4-8-13(12)14/h3-9,11,17,21H,2,10H2,1H3. The number of hydrogen-bond donors (Lipinski definition) is 1. The zero-order valence-electron chi connectivity index (χ0n) is 11.8. The smallest absolute Gasteiger partial charge is 0.123 e. The molecule has 0 radical (unpaired) electrons. The lowest BCUT2D eigenvalue weighted by atomic mass is 9.98. The molecule has 21 heavy (non-hydrogen) atoms. The van der Waals surface area contributed by atoms with Crippen molar-refractivity contribution < 1.29 is 5.11 Å². The van der Waals surface area contributed by atoms with Gasteiger partial charge >= 0.3 is 0 Å². The van der Waals surface area contributed by atoms with Crippen molar-refractivity contribution in [3.05, 3.63) is 64.9 Å². The summed E-state index contributed by atoms with van der Waals surface area (Å²) in [7, 11) is 0. The van der Waals surface area contributed by atoms with E-state index in [1.165, 1.54) is 0 Å². The van der Waals surface area contributed by atoms with Gasteiger partial charge in [-0.3, -0.25) is 4.68 Å². The third-order valence-electron chi connectivity index (χ3n) is 3.65. The molecule has 0 aliphatic rings. The number of aliphatic hydroxyl groups is 1. The van der Waals surface area contributed by atoms with Crippen LogP contribution in [0.2, 0.25) is 5.02 Å². The van der Waals surface area contributed by atoms with Crippen LogP contribution in [-0.2, 0) is 6.54 Å². The van der Waals surface area contributed by atoms with Crippen molar-refractivity contribution >= 4 is 22.4 Å². The van der Waals surface area contributed by atoms with Crippen molar-refractivity contribution in [1.82, 2.24) is 9.78 Å². The van der Waals surface area contributed by atoms with Crippen molar-refractivity contribution in [1.29, 1.82) is 0 Å². The Bertz CT molecular complexity index is 761. The van der Waals surface area contributed by atoms with Crippen molar-refractivity contribution in [2.45, 2.75) is 26.0 Å². The fourth-order valence-corrected chi connectivity index (χ4v) is 2.91. The minimum absolute atomic E-state index is 0.504. The average Bonchev–Trinajstić information content (AvgIpc) is 2.87. The van der Waals surface area contributed by atoms with Gasteiger partial charge in [-0.15, -0.1) is 0 Å². The monoisotopic (exact) mass is 300 g/mol. The Labute approximate surface area is 128 Å². The number of halogens is 1. The molecule has 4 heteroatoms. The van der Waals surface area contributed by atoms with Gasteiger partial charge in [0.1, 0.15) is 6.10 Å². The Morgan fingerprint density at radius 2 is 1.95 bits per heavy atom. The lowest BCUT2D eigenvalue weighted by Gasteiger charge is -2.16. The normalized spacial score (nSPS) is 12.7. The highest BCUT2D eigenvalue weighted by molar-refractivity contribution is 6.31. The Kier molecular flexibility index (Phi) is 3.95. The topological polar surface area (TPSA) is 38.0 Å². The molecule has 2 aromatic carbocycles. The van der Waals surface area contributed by atoms with E-state index < -0.39 is 6.10 Å². The summed E-state index contributed by atoms with van der Waals surface area (Å²) in [6, 6.07) is 14.0. The van der Waals surface area contributed by atoms with Crippen LogP contribution in [0.4, 0.5) is 0 Å². The lowest BCUT2D eigenvalue weighted by molar-refractivity contribution is 0.209. The largest absolute Gasteiger partial charge is 0.382 e. The third-order valence-corrected chi connectivity index (χ3v) is 3.94. The number of aryl methyl sites for hydroxylation is 1. The van der Waals surface area contributed by atoms with Crippen molar-refractivity contribution in [3.63, 3.8) is 0 Å². The number of benzene rings is 2. The fraction of sp³-hybridized carbons (Fsp3) is 0.235. The van der Waals surface area contributed by atoms with Crippen molar-refractivity contribution in [2.24, 2.45) is 0 Å². The SMILES string of the molecule is CCCn1ncc(Cl)c1C(O)c1cccc2ccccc12. The quantitative estimate of drug-likeness (QED) is 0.785. The summed E-state index contributed by atoms with van der Waals surface area (Å²) in [5, 5.41) is 17.7. The van der Waals surface area contributed by atoms with Gasteiger partial charge in [-0.05, 0) is 22.8 Å². The van der Waals surface area contributed by atoms with Gasteiger partial charge in [-0.1, -0.05) is 61.0 Å². The number of rotatable bonds is 4. The molecule has 0 spiro atoms. The molecule has 0 fully saturated rings. The van der Waals surface area contributed by atoms with Crippen LogP contribution in [0.3, 0.4) is 0 Å². The zero-order valence-corrected chi connectivity index (χ0v) is 12.6. The highest BCUT2D eigenvalue weighted by Crippen LogP contribution is 2.32. The molecule has 0 bridgehead atoms. The van der Waals surface area contributed by atoms with Crippen LogP contribution >= 0.6 is 11.6 Å². The van der Waals surface area contributed by atoms with Crippen LogP contribution in [0.1, 0.15) is 30.7 Å². The molecule has 3 aromatic rings. The van der Waals surface area contributed by atoms with E-state index in [1.54, 1.807) is 10.9 Å². The van der Waals surface area contributed by atoms with Gasteiger partial charge in [0.15, 0.2) is 0 Å². The molecule has 1 N–H and O–H groups in total. The number of aliphatic hydroxyl groups excluding tert-OH is 1. The van der Waals surface area contributed by atoms with Gasteiger partial charge in [0.2, 0.25) is 0 Å². The van der Waals surface area contributed by atoms with Gasteiger partial charge in [-0.2, -0.15) is 5.10 Å². The fourth-order valence-electron chi connectivity index (χ4n) is 2.67. The van der Waals surface area contributed by atoms with E-state index in [1.807, 2.05) is 42.5 Å². The van der Waals surface area contributed by atoms with Crippen molar-refractivity contribution in [3.8, 4) is 0 Å². The average molecular weight is 301 g/mol. The first-order valence-electron chi connectivity index (χ1n) is 7.09. The first kappa shape index (κ1) is 14.1. The van der Waals surface area contributed by atoms with E-state index >= 15 is 0 Å². The molecule has 3 rings (SSSR count). The zero-order chi connectivity index (χ0) is 14.8. The van der Waals surface area contributed by atoms with Gasteiger partial charge in [-0.25, -0.2) is 0 Å². The van der Waals surface area contributed by atoms with Crippen LogP contribution < -0.4 is 0 Å². The Balaban J connectivity index is 2.13. The van der Waals surface area contributed by atoms with Crippen LogP contribution in [0.5, 0.6) is 0 Å². The van der Waals surface area contributed by atoms with E-state index in [2.05, 4.69) is 12.0 Å². The molecular formula is C17H17ClN2O. The second-order valence-electron chi connectivity index (χ2n) is 5.07. The lowest BCUT2D eigenvalue weighted by Crippen LogP contribution is -2.11.